The van der Waals surface area contributed by atoms with Gasteiger partial charge in [-0.1, -0.05) is 18.2 Å². The zero-order valence-electron chi connectivity index (χ0n) is 20.0. The predicted octanol–water partition coefficient (Wildman–Crippen LogP) is 3.43. The van der Waals surface area contributed by atoms with Crippen LogP contribution in [0.2, 0.25) is 0 Å². The van der Waals surface area contributed by atoms with E-state index in [0.717, 1.165) is 31.6 Å². The summed E-state index contributed by atoms with van der Waals surface area (Å²) in [6, 6.07) is 13.3. The van der Waals surface area contributed by atoms with Crippen molar-refractivity contribution < 1.29 is 9.90 Å². The number of rotatable bonds is 5. The molecule has 1 aromatic heterocycles. The summed E-state index contributed by atoms with van der Waals surface area (Å²) < 4.78 is 0. The van der Waals surface area contributed by atoms with E-state index < -0.39 is 5.60 Å². The summed E-state index contributed by atoms with van der Waals surface area (Å²) in [6.45, 7) is 10.7. The van der Waals surface area contributed by atoms with Gasteiger partial charge in [-0.3, -0.25) is 14.7 Å². The minimum Gasteiger partial charge on any atom is -0.384 e. The predicted molar refractivity (Wildman–Crippen MR) is 129 cm³/mol. The van der Waals surface area contributed by atoms with Gasteiger partial charge in [-0.15, -0.1) is 0 Å². The lowest BCUT2D eigenvalue weighted by Crippen LogP contribution is -2.55. The molecule has 2 unspecified atom stereocenters. The van der Waals surface area contributed by atoms with E-state index in [-0.39, 0.29) is 11.8 Å². The maximum Gasteiger partial charge on any atom is 0.230 e. The van der Waals surface area contributed by atoms with Crippen LogP contribution in [0.1, 0.15) is 45.4 Å². The molecule has 2 fully saturated rings. The fraction of sp³-hybridized carbons (Fsp3) is 0.538. The Bertz CT molecular complexity index is 941. The number of hydrogen-bond acceptors (Lipinski definition) is 5. The minimum absolute atomic E-state index is 0.0209. The Labute approximate surface area is 191 Å². The highest BCUT2D eigenvalue weighted by molar-refractivity contribution is 5.97. The summed E-state index contributed by atoms with van der Waals surface area (Å²) in [4.78, 5) is 24.4. The molecule has 2 aliphatic heterocycles. The van der Waals surface area contributed by atoms with Gasteiger partial charge < -0.3 is 14.9 Å². The molecule has 1 aromatic carbocycles. The van der Waals surface area contributed by atoms with E-state index in [0.29, 0.717) is 24.3 Å². The van der Waals surface area contributed by atoms with E-state index in [1.54, 1.807) is 26.1 Å². The first kappa shape index (κ1) is 22.7. The number of para-hydroxylation sites is 1. The van der Waals surface area contributed by atoms with Crippen LogP contribution in [0.15, 0.2) is 42.6 Å². The molecule has 1 amide bonds. The third-order valence-electron chi connectivity index (χ3n) is 7.16. The summed E-state index contributed by atoms with van der Waals surface area (Å²) in [6.07, 6.45) is 3.31. The number of carbonyl (C=O) groups excluding carboxylic acids is 1. The number of piperazine rings is 1. The highest BCUT2D eigenvalue weighted by Gasteiger charge is 2.34. The number of hydrogen-bond donors (Lipinski definition) is 1. The molecule has 2 aromatic rings. The van der Waals surface area contributed by atoms with Gasteiger partial charge in [-0.05, 0) is 71.3 Å². The van der Waals surface area contributed by atoms with Gasteiger partial charge in [0, 0.05) is 43.3 Å². The zero-order chi connectivity index (χ0) is 23.0. The van der Waals surface area contributed by atoms with E-state index in [2.05, 4.69) is 59.9 Å². The number of aromatic nitrogens is 1. The highest BCUT2D eigenvalue weighted by atomic mass is 16.3. The Balaban J connectivity index is 1.48. The second kappa shape index (κ2) is 8.83. The fourth-order valence-corrected chi connectivity index (χ4v) is 4.95. The fourth-order valence-electron chi connectivity index (χ4n) is 4.95. The van der Waals surface area contributed by atoms with Crippen molar-refractivity contribution in [3.63, 3.8) is 0 Å². The van der Waals surface area contributed by atoms with Crippen LogP contribution in [0.25, 0.3) is 0 Å². The quantitative estimate of drug-likeness (QED) is 0.778. The maximum absolute atomic E-state index is 13.3. The molecular weight excluding hydrogens is 400 g/mol. The number of amides is 1. The molecule has 6 heteroatoms. The first-order valence-corrected chi connectivity index (χ1v) is 11.7. The highest BCUT2D eigenvalue weighted by Crippen LogP contribution is 2.32. The van der Waals surface area contributed by atoms with Crippen molar-refractivity contribution in [3.05, 3.63) is 53.9 Å². The first-order valence-electron chi connectivity index (χ1n) is 11.7. The van der Waals surface area contributed by atoms with Gasteiger partial charge in [-0.2, -0.15) is 0 Å². The van der Waals surface area contributed by atoms with Gasteiger partial charge in [0.2, 0.25) is 5.91 Å². The minimum atomic E-state index is -0.988. The Morgan fingerprint density at radius 1 is 1.09 bits per heavy atom. The molecule has 2 aliphatic rings. The third kappa shape index (κ3) is 4.52. The van der Waals surface area contributed by atoms with Crippen LogP contribution >= 0.6 is 0 Å². The van der Waals surface area contributed by atoms with Crippen LogP contribution in [0.5, 0.6) is 0 Å². The van der Waals surface area contributed by atoms with Crippen molar-refractivity contribution in [2.45, 2.75) is 58.2 Å². The Morgan fingerprint density at radius 2 is 1.78 bits per heavy atom. The molecular formula is C26H36N4O2. The van der Waals surface area contributed by atoms with Crippen molar-refractivity contribution in [1.82, 2.24) is 9.88 Å². The molecule has 2 saturated heterocycles. The Kier molecular flexibility index (Phi) is 6.28. The van der Waals surface area contributed by atoms with Crippen LogP contribution in [-0.2, 0) is 16.8 Å². The normalized spacial score (nSPS) is 24.9. The zero-order valence-corrected chi connectivity index (χ0v) is 20.0. The lowest BCUT2D eigenvalue weighted by molar-refractivity contribution is -0.120. The van der Waals surface area contributed by atoms with Crippen molar-refractivity contribution in [3.8, 4) is 0 Å². The third-order valence-corrected chi connectivity index (χ3v) is 7.16. The van der Waals surface area contributed by atoms with Crippen molar-refractivity contribution in [1.29, 1.82) is 0 Å². The number of benzene rings is 1. The average molecular weight is 437 g/mol. The molecule has 0 spiro atoms. The molecule has 4 rings (SSSR count). The maximum atomic E-state index is 13.3. The van der Waals surface area contributed by atoms with E-state index >= 15 is 0 Å². The number of anilines is 2. The standard InChI is InChI=1S/C26H36N4O2/c1-18-16-29(17-19(2)28(18)5)23-9-7-6-8-20(23)14-21-12-13-30(25(21)31)22-10-11-24(27-15-22)26(3,4)32/h6-11,15,18-19,21,32H,12-14,16-17H2,1-5H3/t18?,19?,21-/m1/s1. The van der Waals surface area contributed by atoms with E-state index in [1.807, 2.05) is 11.0 Å². The van der Waals surface area contributed by atoms with E-state index in [9.17, 15) is 9.90 Å². The monoisotopic (exact) mass is 436 g/mol. The Hall–Kier alpha value is -2.44. The first-order chi connectivity index (χ1) is 15.1. The summed E-state index contributed by atoms with van der Waals surface area (Å²) in [7, 11) is 2.20. The van der Waals surface area contributed by atoms with Gasteiger partial charge in [0.25, 0.3) is 0 Å². The molecule has 0 radical (unpaired) electrons. The van der Waals surface area contributed by atoms with Gasteiger partial charge >= 0.3 is 0 Å². The molecule has 0 aliphatic carbocycles. The lowest BCUT2D eigenvalue weighted by atomic mass is 9.95. The van der Waals surface area contributed by atoms with Crippen LogP contribution < -0.4 is 9.80 Å². The number of pyridine rings is 1. The largest absolute Gasteiger partial charge is 0.384 e. The topological polar surface area (TPSA) is 59.9 Å². The van der Waals surface area contributed by atoms with E-state index in [4.69, 9.17) is 0 Å². The molecule has 0 bridgehead atoms. The molecule has 3 heterocycles. The van der Waals surface area contributed by atoms with Crippen LogP contribution in [0, 0.1) is 5.92 Å². The molecule has 1 N–H and O–H groups in total. The van der Waals surface area contributed by atoms with Gasteiger partial charge in [0.15, 0.2) is 0 Å². The number of likely N-dealkylation sites (N-methyl/N-ethyl adjacent to an activating group) is 1. The molecule has 6 nitrogen and oxygen atoms in total. The smallest absolute Gasteiger partial charge is 0.230 e. The molecule has 32 heavy (non-hydrogen) atoms. The summed E-state index contributed by atoms with van der Waals surface area (Å²) in [5.74, 6) is 0.144. The van der Waals surface area contributed by atoms with Crippen molar-refractivity contribution >= 4 is 17.3 Å². The van der Waals surface area contributed by atoms with Crippen LogP contribution in [0.3, 0.4) is 0 Å². The molecule has 3 atom stereocenters. The van der Waals surface area contributed by atoms with Gasteiger partial charge in [-0.25, -0.2) is 0 Å². The van der Waals surface area contributed by atoms with Crippen molar-refractivity contribution in [2.75, 3.05) is 36.5 Å². The number of aliphatic hydroxyl groups is 1. The lowest BCUT2D eigenvalue weighted by Gasteiger charge is -2.44. The second-order valence-corrected chi connectivity index (χ2v) is 10.0. The SMILES string of the molecule is CC1CN(c2ccccc2C[C@H]2CCN(c3ccc(C(C)(C)O)nc3)C2=O)CC(C)N1C. The molecule has 172 valence electrons. The van der Waals surface area contributed by atoms with Crippen LogP contribution in [0.4, 0.5) is 11.4 Å². The average Bonchev–Trinajstić information content (AvgIpc) is 3.11. The second-order valence-electron chi connectivity index (χ2n) is 10.0. The Morgan fingerprint density at radius 3 is 2.41 bits per heavy atom. The summed E-state index contributed by atoms with van der Waals surface area (Å²) in [5, 5.41) is 10.1. The van der Waals surface area contributed by atoms with Gasteiger partial charge in [0.05, 0.1) is 17.6 Å². The van der Waals surface area contributed by atoms with Crippen LogP contribution in [-0.4, -0.2) is 59.7 Å². The molecule has 0 saturated carbocycles. The van der Waals surface area contributed by atoms with E-state index in [1.165, 1.54) is 11.3 Å². The van der Waals surface area contributed by atoms with Gasteiger partial charge in [0.1, 0.15) is 5.60 Å². The van der Waals surface area contributed by atoms with Crippen molar-refractivity contribution in [2.24, 2.45) is 5.92 Å². The number of carbonyl (C=O) groups is 1. The summed E-state index contributed by atoms with van der Waals surface area (Å²) in [5.41, 5.74) is 2.95. The number of nitrogens with zero attached hydrogens (tertiary/aromatic N) is 4. The summed E-state index contributed by atoms with van der Waals surface area (Å²) >= 11 is 0.